The fourth-order valence-corrected chi connectivity index (χ4v) is 3.59. The Labute approximate surface area is 117 Å². The smallest absolute Gasteiger partial charge is 0.125 e. The van der Waals surface area contributed by atoms with Gasteiger partial charge in [-0.3, -0.25) is 4.98 Å². The van der Waals surface area contributed by atoms with Crippen LogP contribution in [0.5, 0.6) is 0 Å². The summed E-state index contributed by atoms with van der Waals surface area (Å²) in [5, 5.41) is 1.06. The number of pyridine rings is 1. The molecule has 0 saturated carbocycles. The maximum Gasteiger partial charge on any atom is 0.125 e. The van der Waals surface area contributed by atoms with Gasteiger partial charge in [-0.2, -0.15) is 0 Å². The van der Waals surface area contributed by atoms with Crippen LogP contribution in [0, 0.1) is 17.7 Å². The van der Waals surface area contributed by atoms with E-state index in [4.69, 9.17) is 0 Å². The second-order valence-corrected chi connectivity index (χ2v) is 5.86. The zero-order valence-corrected chi connectivity index (χ0v) is 11.3. The van der Waals surface area contributed by atoms with Crippen LogP contribution in [-0.4, -0.2) is 18.1 Å². The number of hydrogen-bond donors (Lipinski definition) is 0. The second kappa shape index (κ2) is 4.58. The third-order valence-electron chi connectivity index (χ3n) is 4.64. The lowest BCUT2D eigenvalue weighted by molar-refractivity contribution is 0.411. The van der Waals surface area contributed by atoms with Crippen LogP contribution in [-0.2, 0) is 0 Å². The van der Waals surface area contributed by atoms with Gasteiger partial charge < -0.3 is 4.90 Å². The molecule has 3 heteroatoms. The summed E-state index contributed by atoms with van der Waals surface area (Å²) in [7, 11) is 0. The number of fused-ring (bicyclic) bond motifs is 2. The van der Waals surface area contributed by atoms with Crippen molar-refractivity contribution in [1.82, 2.24) is 4.98 Å². The monoisotopic (exact) mass is 268 g/mol. The van der Waals surface area contributed by atoms with Gasteiger partial charge in [0.25, 0.3) is 0 Å². The zero-order valence-electron chi connectivity index (χ0n) is 11.3. The molecule has 2 heterocycles. The number of allylic oxidation sites excluding steroid dienone is 2. The fourth-order valence-electron chi connectivity index (χ4n) is 3.59. The van der Waals surface area contributed by atoms with Crippen molar-refractivity contribution in [1.29, 1.82) is 0 Å². The number of halogens is 1. The highest BCUT2D eigenvalue weighted by atomic mass is 19.1. The largest absolute Gasteiger partial charge is 0.370 e. The summed E-state index contributed by atoms with van der Waals surface area (Å²) in [5.41, 5.74) is 1.94. The molecule has 4 rings (SSSR count). The predicted molar refractivity (Wildman–Crippen MR) is 79.3 cm³/mol. The van der Waals surface area contributed by atoms with E-state index >= 15 is 0 Å². The Morgan fingerprint density at radius 1 is 1.05 bits per heavy atom. The Morgan fingerprint density at radius 2 is 1.80 bits per heavy atom. The first-order valence-electron chi connectivity index (χ1n) is 7.25. The van der Waals surface area contributed by atoms with Crippen molar-refractivity contribution < 1.29 is 4.39 Å². The van der Waals surface area contributed by atoms with Gasteiger partial charge in [-0.1, -0.05) is 12.2 Å². The molecule has 2 aliphatic rings. The second-order valence-electron chi connectivity index (χ2n) is 5.86. The maximum absolute atomic E-state index is 13.3. The highest BCUT2D eigenvalue weighted by Gasteiger charge is 2.33. The number of benzene rings is 1. The first-order chi connectivity index (χ1) is 9.81. The molecule has 2 unspecified atom stereocenters. The van der Waals surface area contributed by atoms with E-state index in [1.54, 1.807) is 6.20 Å². The highest BCUT2D eigenvalue weighted by molar-refractivity contribution is 5.91. The predicted octanol–water partition coefficient (Wildman–Crippen LogP) is 3.78. The molecule has 0 spiro atoms. The Kier molecular flexibility index (Phi) is 2.72. The van der Waals surface area contributed by atoms with E-state index in [2.05, 4.69) is 28.1 Å². The van der Waals surface area contributed by atoms with Crippen LogP contribution in [0.4, 0.5) is 10.1 Å². The summed E-state index contributed by atoms with van der Waals surface area (Å²) in [6.07, 6.45) is 8.80. The molecule has 102 valence electrons. The van der Waals surface area contributed by atoms with Crippen molar-refractivity contribution in [2.75, 3.05) is 18.0 Å². The van der Waals surface area contributed by atoms with Gasteiger partial charge in [-0.05, 0) is 42.9 Å². The van der Waals surface area contributed by atoms with Crippen molar-refractivity contribution in [2.45, 2.75) is 12.8 Å². The minimum absolute atomic E-state index is 0.221. The average molecular weight is 268 g/mol. The molecule has 20 heavy (non-hydrogen) atoms. The van der Waals surface area contributed by atoms with Crippen LogP contribution in [0.1, 0.15) is 12.8 Å². The Morgan fingerprint density at radius 3 is 2.55 bits per heavy atom. The minimum Gasteiger partial charge on any atom is -0.370 e. The molecule has 1 aromatic carbocycles. The molecule has 1 aliphatic carbocycles. The van der Waals surface area contributed by atoms with E-state index in [9.17, 15) is 4.39 Å². The fraction of sp³-hybridized carbons (Fsp3) is 0.353. The third kappa shape index (κ3) is 1.89. The lowest BCUT2D eigenvalue weighted by Crippen LogP contribution is -2.20. The van der Waals surface area contributed by atoms with Crippen LogP contribution < -0.4 is 4.90 Å². The van der Waals surface area contributed by atoms with Gasteiger partial charge >= 0.3 is 0 Å². The van der Waals surface area contributed by atoms with E-state index in [1.165, 1.54) is 30.7 Å². The number of anilines is 1. The number of aromatic nitrogens is 1. The van der Waals surface area contributed by atoms with Crippen LogP contribution in [0.25, 0.3) is 10.9 Å². The van der Waals surface area contributed by atoms with Crippen LogP contribution in [0.15, 0.2) is 42.6 Å². The molecule has 0 bridgehead atoms. The molecule has 0 radical (unpaired) electrons. The van der Waals surface area contributed by atoms with E-state index in [1.807, 2.05) is 6.07 Å². The maximum atomic E-state index is 13.3. The van der Waals surface area contributed by atoms with Crippen molar-refractivity contribution >= 4 is 16.6 Å². The third-order valence-corrected chi connectivity index (χ3v) is 4.64. The first-order valence-corrected chi connectivity index (χ1v) is 7.25. The summed E-state index contributed by atoms with van der Waals surface area (Å²) >= 11 is 0. The molecule has 2 atom stereocenters. The lowest BCUT2D eigenvalue weighted by Gasteiger charge is -2.20. The van der Waals surface area contributed by atoms with Crippen molar-refractivity contribution in [2.24, 2.45) is 11.8 Å². The lowest BCUT2D eigenvalue weighted by atomic mass is 9.86. The Hall–Kier alpha value is -1.90. The highest BCUT2D eigenvalue weighted by Crippen LogP contribution is 2.37. The molecule has 2 nitrogen and oxygen atoms in total. The number of nitrogens with zero attached hydrogens (tertiary/aromatic N) is 2. The molecule has 1 aliphatic heterocycles. The molecular formula is C17H17FN2. The van der Waals surface area contributed by atoms with Crippen molar-refractivity contribution in [3.8, 4) is 0 Å². The molecule has 1 fully saturated rings. The summed E-state index contributed by atoms with van der Waals surface area (Å²) < 4.78 is 13.3. The van der Waals surface area contributed by atoms with Crippen molar-refractivity contribution in [3.63, 3.8) is 0 Å². The van der Waals surface area contributed by atoms with Gasteiger partial charge in [-0.25, -0.2) is 4.39 Å². The summed E-state index contributed by atoms with van der Waals surface area (Å²) in [6.45, 7) is 2.21. The molecule has 2 aromatic rings. The molecule has 0 amide bonds. The minimum atomic E-state index is -0.221. The van der Waals surface area contributed by atoms with Gasteiger partial charge in [0.2, 0.25) is 0 Å². The topological polar surface area (TPSA) is 16.1 Å². The molecule has 1 aromatic heterocycles. The summed E-state index contributed by atoms with van der Waals surface area (Å²) in [6, 6.07) is 6.96. The van der Waals surface area contributed by atoms with Gasteiger partial charge in [0.05, 0.1) is 5.52 Å². The van der Waals surface area contributed by atoms with E-state index < -0.39 is 0 Å². The van der Waals surface area contributed by atoms with Crippen LogP contribution in [0.3, 0.4) is 0 Å². The van der Waals surface area contributed by atoms with Crippen LogP contribution >= 0.6 is 0 Å². The zero-order chi connectivity index (χ0) is 13.5. The van der Waals surface area contributed by atoms with Crippen molar-refractivity contribution in [3.05, 3.63) is 48.4 Å². The molecular weight excluding hydrogens is 251 g/mol. The van der Waals surface area contributed by atoms with Gasteiger partial charge in [0.15, 0.2) is 0 Å². The summed E-state index contributed by atoms with van der Waals surface area (Å²) in [4.78, 5) is 6.73. The first kappa shape index (κ1) is 11.9. The SMILES string of the molecule is Fc1ccc2c(N3CC4CC=CCC4C3)ccnc2c1. The quantitative estimate of drug-likeness (QED) is 0.732. The average Bonchev–Trinajstić information content (AvgIpc) is 2.90. The Balaban J connectivity index is 1.72. The normalized spacial score (nSPS) is 25.1. The summed E-state index contributed by atoms with van der Waals surface area (Å²) in [5.74, 6) is 1.31. The van der Waals surface area contributed by atoms with E-state index in [0.29, 0.717) is 0 Å². The van der Waals surface area contributed by atoms with E-state index in [-0.39, 0.29) is 5.82 Å². The van der Waals surface area contributed by atoms with Gasteiger partial charge in [-0.15, -0.1) is 0 Å². The van der Waals surface area contributed by atoms with Gasteiger partial charge in [0.1, 0.15) is 5.82 Å². The molecule has 1 saturated heterocycles. The van der Waals surface area contributed by atoms with Crippen LogP contribution in [0.2, 0.25) is 0 Å². The van der Waals surface area contributed by atoms with Gasteiger partial charge in [0, 0.05) is 36.4 Å². The van der Waals surface area contributed by atoms with E-state index in [0.717, 1.165) is 35.8 Å². The number of hydrogen-bond acceptors (Lipinski definition) is 2. The standard InChI is InChI=1S/C17H17FN2/c18-14-5-6-15-16(9-14)19-8-7-17(15)20-10-12-3-1-2-4-13(12)11-20/h1-2,5-9,12-13H,3-4,10-11H2. The number of rotatable bonds is 1. The molecule has 0 N–H and O–H groups in total. The Bertz CT molecular complexity index is 664.